The molecule has 3 N–H and O–H groups in total. The zero-order valence-corrected chi connectivity index (χ0v) is 9.60. The Morgan fingerprint density at radius 3 is 3.12 bits per heavy atom. The number of hydrogen-bond acceptors (Lipinski definition) is 5. The van der Waals surface area contributed by atoms with Crippen LogP contribution in [0.15, 0.2) is 18.2 Å². The number of ether oxygens (including phenoxy) is 1. The number of fused-ring (bicyclic) bond motifs is 3. The number of benzene rings is 1. The molecule has 0 aliphatic heterocycles. The molecule has 1 aromatic carbocycles. The molecule has 0 saturated heterocycles. The molecular formula is C11H11N3OS. The van der Waals surface area contributed by atoms with Crippen molar-refractivity contribution in [2.24, 2.45) is 5.84 Å². The van der Waals surface area contributed by atoms with Gasteiger partial charge in [0.15, 0.2) is 5.13 Å². The molecule has 0 unspecified atom stereocenters. The van der Waals surface area contributed by atoms with Crippen molar-refractivity contribution in [2.75, 3.05) is 12.5 Å². The predicted octanol–water partition coefficient (Wildman–Crippen LogP) is 2.01. The number of hydrazine groups is 1. The number of nitrogens with one attached hydrogen (secondary N) is 1. The molecular weight excluding hydrogens is 222 g/mol. The lowest BCUT2D eigenvalue weighted by Crippen LogP contribution is -2.05. The van der Waals surface area contributed by atoms with Crippen LogP contribution in [0.3, 0.4) is 0 Å². The summed E-state index contributed by atoms with van der Waals surface area (Å²) in [5.41, 5.74) is 6.09. The van der Waals surface area contributed by atoms with Crippen molar-refractivity contribution in [1.82, 2.24) is 4.98 Å². The van der Waals surface area contributed by atoms with Crippen molar-refractivity contribution in [3.05, 3.63) is 28.6 Å². The van der Waals surface area contributed by atoms with Crippen molar-refractivity contribution in [3.8, 4) is 17.0 Å². The normalized spacial score (nSPS) is 12.1. The van der Waals surface area contributed by atoms with Crippen LogP contribution in [0.25, 0.3) is 11.3 Å². The van der Waals surface area contributed by atoms with Gasteiger partial charge in [0.25, 0.3) is 0 Å². The number of hydrogen-bond donors (Lipinski definition) is 2. The first-order valence-corrected chi connectivity index (χ1v) is 5.77. The maximum absolute atomic E-state index is 5.36. The van der Waals surface area contributed by atoms with E-state index in [-0.39, 0.29) is 0 Å². The summed E-state index contributed by atoms with van der Waals surface area (Å²) in [6.45, 7) is 0. The Balaban J connectivity index is 2.14. The molecule has 0 amide bonds. The standard InChI is InChI=1S/C11H11N3OS/c1-15-7-3-2-6-4-9-10(8(6)5-7)13-11(14-12)16-9/h2-3,5H,4,12H2,1H3,(H,13,14). The van der Waals surface area contributed by atoms with Gasteiger partial charge in [0.1, 0.15) is 5.75 Å². The lowest BCUT2D eigenvalue weighted by atomic mass is 10.1. The zero-order chi connectivity index (χ0) is 11.1. The van der Waals surface area contributed by atoms with E-state index >= 15 is 0 Å². The smallest absolute Gasteiger partial charge is 0.197 e. The molecule has 2 aromatic rings. The average Bonchev–Trinajstić information content (AvgIpc) is 2.85. The quantitative estimate of drug-likeness (QED) is 0.525. The minimum atomic E-state index is 0.762. The van der Waals surface area contributed by atoms with Gasteiger partial charge in [-0.1, -0.05) is 17.4 Å². The number of nitrogens with two attached hydrogens (primary N) is 1. The Morgan fingerprint density at radius 2 is 2.38 bits per heavy atom. The molecule has 82 valence electrons. The molecule has 1 aliphatic rings. The predicted molar refractivity (Wildman–Crippen MR) is 64.7 cm³/mol. The molecule has 4 nitrogen and oxygen atoms in total. The van der Waals surface area contributed by atoms with Gasteiger partial charge < -0.3 is 4.74 Å². The Bertz CT molecular complexity index is 550. The third kappa shape index (κ3) is 1.29. The highest BCUT2D eigenvalue weighted by Crippen LogP contribution is 2.42. The topological polar surface area (TPSA) is 60.2 Å². The van der Waals surface area contributed by atoms with E-state index in [2.05, 4.69) is 16.5 Å². The number of aromatic nitrogens is 1. The summed E-state index contributed by atoms with van der Waals surface area (Å²) in [5, 5.41) is 0.762. The lowest BCUT2D eigenvalue weighted by Gasteiger charge is -2.03. The molecule has 16 heavy (non-hydrogen) atoms. The first-order chi connectivity index (χ1) is 7.81. The van der Waals surface area contributed by atoms with Crippen LogP contribution in [0.1, 0.15) is 10.4 Å². The van der Waals surface area contributed by atoms with Crippen LogP contribution >= 0.6 is 11.3 Å². The molecule has 5 heteroatoms. The highest BCUT2D eigenvalue weighted by molar-refractivity contribution is 7.16. The third-order valence-electron chi connectivity index (χ3n) is 2.74. The summed E-state index contributed by atoms with van der Waals surface area (Å²) in [4.78, 5) is 5.71. The molecule has 1 aliphatic carbocycles. The first kappa shape index (κ1) is 9.62. The minimum absolute atomic E-state index is 0.762. The maximum atomic E-state index is 5.36. The maximum Gasteiger partial charge on any atom is 0.197 e. The summed E-state index contributed by atoms with van der Waals surface area (Å²) in [7, 11) is 1.67. The Morgan fingerprint density at radius 1 is 1.50 bits per heavy atom. The van der Waals surface area contributed by atoms with E-state index in [1.807, 2.05) is 12.1 Å². The van der Waals surface area contributed by atoms with Gasteiger partial charge in [-0.2, -0.15) is 0 Å². The van der Waals surface area contributed by atoms with Crippen LogP contribution in [0.5, 0.6) is 5.75 Å². The first-order valence-electron chi connectivity index (χ1n) is 4.95. The Kier molecular flexibility index (Phi) is 2.08. The second kappa shape index (κ2) is 3.47. The van der Waals surface area contributed by atoms with Crippen LogP contribution in [0.2, 0.25) is 0 Å². The Labute approximate surface area is 97.0 Å². The van der Waals surface area contributed by atoms with Gasteiger partial charge in [-0.25, -0.2) is 10.8 Å². The van der Waals surface area contributed by atoms with Crippen LogP contribution < -0.4 is 16.0 Å². The molecule has 0 spiro atoms. The van der Waals surface area contributed by atoms with Crippen LogP contribution in [0.4, 0.5) is 5.13 Å². The highest BCUT2D eigenvalue weighted by Gasteiger charge is 2.23. The number of methoxy groups -OCH3 is 1. The lowest BCUT2D eigenvalue weighted by molar-refractivity contribution is 0.415. The van der Waals surface area contributed by atoms with Gasteiger partial charge in [0.2, 0.25) is 0 Å². The largest absolute Gasteiger partial charge is 0.497 e. The van der Waals surface area contributed by atoms with E-state index in [1.165, 1.54) is 10.4 Å². The molecule has 0 atom stereocenters. The zero-order valence-electron chi connectivity index (χ0n) is 8.78. The van der Waals surface area contributed by atoms with Crippen LogP contribution in [0, 0.1) is 0 Å². The summed E-state index contributed by atoms with van der Waals surface area (Å²) in [6.07, 6.45) is 0.938. The highest BCUT2D eigenvalue weighted by atomic mass is 32.1. The number of anilines is 1. The molecule has 1 heterocycles. The van der Waals surface area contributed by atoms with E-state index in [1.54, 1.807) is 18.4 Å². The fourth-order valence-electron chi connectivity index (χ4n) is 1.97. The average molecular weight is 233 g/mol. The minimum Gasteiger partial charge on any atom is -0.497 e. The number of nitrogen functional groups attached to an aromatic ring is 1. The van der Waals surface area contributed by atoms with Gasteiger partial charge in [0.05, 0.1) is 12.8 Å². The van der Waals surface area contributed by atoms with E-state index in [0.29, 0.717) is 0 Å². The van der Waals surface area contributed by atoms with Crippen LogP contribution in [-0.4, -0.2) is 12.1 Å². The second-order valence-corrected chi connectivity index (χ2v) is 4.72. The van der Waals surface area contributed by atoms with Gasteiger partial charge in [-0.15, -0.1) is 0 Å². The third-order valence-corrected chi connectivity index (χ3v) is 3.73. The van der Waals surface area contributed by atoms with Gasteiger partial charge in [0, 0.05) is 16.9 Å². The molecule has 0 bridgehead atoms. The van der Waals surface area contributed by atoms with Gasteiger partial charge >= 0.3 is 0 Å². The SMILES string of the molecule is COc1ccc2c(c1)-c1nc(NN)sc1C2. The van der Waals surface area contributed by atoms with E-state index in [0.717, 1.165) is 28.6 Å². The molecule has 0 fully saturated rings. The van der Waals surface area contributed by atoms with Crippen molar-refractivity contribution in [1.29, 1.82) is 0 Å². The van der Waals surface area contributed by atoms with Gasteiger partial charge in [-0.05, 0) is 17.7 Å². The molecule has 0 saturated carbocycles. The summed E-state index contributed by atoms with van der Waals surface area (Å²) >= 11 is 1.60. The van der Waals surface area contributed by atoms with E-state index < -0.39 is 0 Å². The van der Waals surface area contributed by atoms with E-state index in [4.69, 9.17) is 10.6 Å². The summed E-state index contributed by atoms with van der Waals surface area (Å²) in [6, 6.07) is 6.11. The van der Waals surface area contributed by atoms with E-state index in [9.17, 15) is 0 Å². The van der Waals surface area contributed by atoms with Crippen molar-refractivity contribution in [2.45, 2.75) is 6.42 Å². The Hall–Kier alpha value is -1.59. The number of nitrogens with zero attached hydrogens (tertiary/aromatic N) is 1. The van der Waals surface area contributed by atoms with Crippen molar-refractivity contribution >= 4 is 16.5 Å². The fourth-order valence-corrected chi connectivity index (χ4v) is 2.88. The fraction of sp³-hybridized carbons (Fsp3) is 0.182. The molecule has 1 aromatic heterocycles. The second-order valence-electron chi connectivity index (χ2n) is 3.63. The van der Waals surface area contributed by atoms with Crippen LogP contribution in [-0.2, 0) is 6.42 Å². The van der Waals surface area contributed by atoms with Crippen molar-refractivity contribution < 1.29 is 4.74 Å². The number of rotatable bonds is 2. The van der Waals surface area contributed by atoms with Crippen molar-refractivity contribution in [3.63, 3.8) is 0 Å². The van der Waals surface area contributed by atoms with Gasteiger partial charge in [-0.3, -0.25) is 5.43 Å². The molecule has 3 rings (SSSR count). The molecule has 0 radical (unpaired) electrons. The monoisotopic (exact) mass is 233 g/mol. The summed E-state index contributed by atoms with van der Waals surface area (Å²) < 4.78 is 5.22. The summed E-state index contributed by atoms with van der Waals surface area (Å²) in [5.74, 6) is 6.22. The number of thiazole rings is 1.